The summed E-state index contributed by atoms with van der Waals surface area (Å²) in [5.41, 5.74) is 9.66. The average molecular weight is 483 g/mol. The van der Waals surface area contributed by atoms with E-state index in [1.807, 2.05) is 13.0 Å². The first-order valence-corrected chi connectivity index (χ1v) is 12.9. The topological polar surface area (TPSA) is 59.6 Å². The lowest BCUT2D eigenvalue weighted by molar-refractivity contribution is -0.146. The Bertz CT molecular complexity index is 1210. The lowest BCUT2D eigenvalue weighted by Gasteiger charge is -2.15. The van der Waals surface area contributed by atoms with Crippen molar-refractivity contribution in [3.05, 3.63) is 101 Å². The van der Waals surface area contributed by atoms with Gasteiger partial charge in [0.1, 0.15) is 0 Å². The first-order valence-electron chi connectivity index (χ1n) is 12.9. The Kier molecular flexibility index (Phi) is 7.21. The molecule has 1 atom stereocenters. The van der Waals surface area contributed by atoms with Gasteiger partial charge in [0.2, 0.25) is 0 Å². The summed E-state index contributed by atoms with van der Waals surface area (Å²) < 4.78 is 5.30. The van der Waals surface area contributed by atoms with E-state index in [-0.39, 0.29) is 12.0 Å². The van der Waals surface area contributed by atoms with Crippen LogP contribution in [0.2, 0.25) is 0 Å². The molecule has 186 valence electrons. The van der Waals surface area contributed by atoms with Crippen molar-refractivity contribution >= 4 is 11.7 Å². The summed E-state index contributed by atoms with van der Waals surface area (Å²) in [5.74, 6) is 0.830. The Labute approximate surface area is 213 Å². The zero-order valence-electron chi connectivity index (χ0n) is 21.1. The summed E-state index contributed by atoms with van der Waals surface area (Å²) >= 11 is 0. The van der Waals surface area contributed by atoms with Crippen LogP contribution in [-0.4, -0.2) is 25.2 Å². The summed E-state index contributed by atoms with van der Waals surface area (Å²) in [7, 11) is 0. The maximum absolute atomic E-state index is 12.4. The fourth-order valence-corrected chi connectivity index (χ4v) is 4.91. The van der Waals surface area contributed by atoms with Gasteiger partial charge in [0, 0.05) is 12.1 Å². The molecule has 0 aromatic heterocycles. The van der Waals surface area contributed by atoms with Crippen LogP contribution in [0.25, 0.3) is 16.9 Å². The van der Waals surface area contributed by atoms with Crippen LogP contribution in [-0.2, 0) is 26.3 Å². The van der Waals surface area contributed by atoms with Crippen molar-refractivity contribution in [2.45, 2.75) is 51.1 Å². The minimum absolute atomic E-state index is 0.0964. The van der Waals surface area contributed by atoms with Gasteiger partial charge in [0.15, 0.2) is 5.76 Å². The SMILES string of the molecule is CCOC(=O)C1(c2ccc(-c3ccc(C4=C(CCNCc5ccccc5)C(C)NO4)cc3)cc2)CC1. The van der Waals surface area contributed by atoms with E-state index in [9.17, 15) is 4.79 Å². The minimum Gasteiger partial charge on any atom is -0.465 e. The largest absolute Gasteiger partial charge is 0.465 e. The Morgan fingerprint density at radius 3 is 2.25 bits per heavy atom. The summed E-state index contributed by atoms with van der Waals surface area (Å²) in [5, 5.41) is 3.54. The number of carbonyl (C=O) groups excluding carboxylic acids is 1. The van der Waals surface area contributed by atoms with Crippen LogP contribution in [0.5, 0.6) is 0 Å². The third-order valence-corrected chi connectivity index (χ3v) is 7.23. The molecule has 1 aliphatic carbocycles. The number of ether oxygens (including phenoxy) is 1. The van der Waals surface area contributed by atoms with Crippen LogP contribution >= 0.6 is 0 Å². The van der Waals surface area contributed by atoms with Crippen LogP contribution in [0.15, 0.2) is 84.4 Å². The fraction of sp³-hybridized carbons (Fsp3) is 0.323. The molecule has 0 amide bonds. The number of hydrogen-bond donors (Lipinski definition) is 2. The molecule has 0 saturated heterocycles. The van der Waals surface area contributed by atoms with Crippen molar-refractivity contribution in [1.29, 1.82) is 0 Å². The molecule has 0 radical (unpaired) electrons. The molecule has 1 fully saturated rings. The number of hydroxylamine groups is 1. The Morgan fingerprint density at radius 1 is 0.972 bits per heavy atom. The van der Waals surface area contributed by atoms with Crippen LogP contribution in [0.4, 0.5) is 0 Å². The molecule has 1 unspecified atom stereocenters. The van der Waals surface area contributed by atoms with Gasteiger partial charge >= 0.3 is 5.97 Å². The van der Waals surface area contributed by atoms with E-state index in [0.29, 0.717) is 6.61 Å². The van der Waals surface area contributed by atoms with Gasteiger partial charge in [0.25, 0.3) is 0 Å². The van der Waals surface area contributed by atoms with Gasteiger partial charge in [-0.25, -0.2) is 0 Å². The molecule has 3 aromatic carbocycles. The molecule has 5 nitrogen and oxygen atoms in total. The predicted octanol–water partition coefficient (Wildman–Crippen LogP) is 5.76. The van der Waals surface area contributed by atoms with Crippen molar-refractivity contribution in [1.82, 2.24) is 10.8 Å². The molecule has 1 saturated carbocycles. The van der Waals surface area contributed by atoms with Gasteiger partial charge in [0.05, 0.1) is 18.1 Å². The monoisotopic (exact) mass is 482 g/mol. The molecular formula is C31H34N2O3. The third kappa shape index (κ3) is 5.08. The maximum Gasteiger partial charge on any atom is 0.316 e. The normalized spacial score (nSPS) is 18.1. The van der Waals surface area contributed by atoms with Crippen LogP contribution in [0, 0.1) is 0 Å². The summed E-state index contributed by atoms with van der Waals surface area (Å²) in [6.45, 7) is 6.17. The zero-order chi connectivity index (χ0) is 25.0. The molecule has 5 rings (SSSR count). The number of benzene rings is 3. The standard InChI is InChI=1S/C31H34N2O3/c1-3-35-30(34)31(18-19-31)27-15-13-25(14-16-27)24-9-11-26(12-10-24)29-28(22(2)33-36-29)17-20-32-21-23-7-5-4-6-8-23/h4-16,22,32-33H,3,17-21H2,1-2H3. The zero-order valence-corrected chi connectivity index (χ0v) is 21.1. The van der Waals surface area contributed by atoms with Crippen molar-refractivity contribution < 1.29 is 14.4 Å². The molecule has 2 N–H and O–H groups in total. The van der Waals surface area contributed by atoms with E-state index in [2.05, 4.69) is 90.5 Å². The van der Waals surface area contributed by atoms with Gasteiger partial charge in [-0.15, -0.1) is 5.48 Å². The molecule has 5 heteroatoms. The van der Waals surface area contributed by atoms with Crippen molar-refractivity contribution in [3.63, 3.8) is 0 Å². The van der Waals surface area contributed by atoms with Crippen LogP contribution in [0.1, 0.15) is 49.8 Å². The first-order chi connectivity index (χ1) is 17.6. The number of nitrogens with one attached hydrogen (secondary N) is 2. The Balaban J connectivity index is 1.25. The highest BCUT2D eigenvalue weighted by Crippen LogP contribution is 2.49. The molecule has 0 bridgehead atoms. The van der Waals surface area contributed by atoms with Gasteiger partial charge in [-0.05, 0) is 67.5 Å². The highest BCUT2D eigenvalue weighted by Gasteiger charge is 2.52. The molecule has 0 spiro atoms. The van der Waals surface area contributed by atoms with E-state index in [0.717, 1.165) is 60.4 Å². The third-order valence-electron chi connectivity index (χ3n) is 7.23. The van der Waals surface area contributed by atoms with E-state index in [1.165, 1.54) is 11.1 Å². The lowest BCUT2D eigenvalue weighted by atomic mass is 9.93. The molecule has 3 aromatic rings. The molecule has 2 aliphatic rings. The number of esters is 1. The Hall–Kier alpha value is -3.41. The highest BCUT2D eigenvalue weighted by molar-refractivity contribution is 5.87. The van der Waals surface area contributed by atoms with Gasteiger partial charge < -0.3 is 14.9 Å². The molecule has 1 heterocycles. The van der Waals surface area contributed by atoms with Crippen LogP contribution < -0.4 is 10.8 Å². The van der Waals surface area contributed by atoms with Gasteiger partial charge in [-0.1, -0.05) is 78.9 Å². The predicted molar refractivity (Wildman–Crippen MR) is 143 cm³/mol. The van der Waals surface area contributed by atoms with Gasteiger partial charge in [-0.3, -0.25) is 4.79 Å². The smallest absolute Gasteiger partial charge is 0.316 e. The van der Waals surface area contributed by atoms with Crippen molar-refractivity contribution in [3.8, 4) is 11.1 Å². The second kappa shape index (κ2) is 10.7. The number of carbonyl (C=O) groups is 1. The molecule has 36 heavy (non-hydrogen) atoms. The minimum atomic E-state index is -0.430. The average Bonchev–Trinajstić information content (AvgIpc) is 3.66. The summed E-state index contributed by atoms with van der Waals surface area (Å²) in [6, 6.07) is 27.5. The van der Waals surface area contributed by atoms with Gasteiger partial charge in [-0.2, -0.15) is 0 Å². The van der Waals surface area contributed by atoms with E-state index in [4.69, 9.17) is 9.57 Å². The highest BCUT2D eigenvalue weighted by atomic mass is 16.7. The fourth-order valence-electron chi connectivity index (χ4n) is 4.91. The second-order valence-corrected chi connectivity index (χ2v) is 9.67. The second-order valence-electron chi connectivity index (χ2n) is 9.67. The lowest BCUT2D eigenvalue weighted by Crippen LogP contribution is -2.23. The van der Waals surface area contributed by atoms with E-state index < -0.39 is 5.41 Å². The van der Waals surface area contributed by atoms with Crippen molar-refractivity contribution in [2.75, 3.05) is 13.2 Å². The van der Waals surface area contributed by atoms with E-state index >= 15 is 0 Å². The van der Waals surface area contributed by atoms with Crippen molar-refractivity contribution in [2.24, 2.45) is 0 Å². The Morgan fingerprint density at radius 2 is 1.61 bits per heavy atom. The number of hydrogen-bond acceptors (Lipinski definition) is 5. The quantitative estimate of drug-likeness (QED) is 0.284. The summed E-state index contributed by atoms with van der Waals surface area (Å²) in [4.78, 5) is 18.3. The first kappa shape index (κ1) is 24.3. The molecular weight excluding hydrogens is 448 g/mol. The number of rotatable bonds is 10. The molecule has 1 aliphatic heterocycles. The van der Waals surface area contributed by atoms with Crippen LogP contribution in [0.3, 0.4) is 0 Å². The maximum atomic E-state index is 12.4. The van der Waals surface area contributed by atoms with E-state index in [1.54, 1.807) is 0 Å². The summed E-state index contributed by atoms with van der Waals surface area (Å²) in [6.07, 6.45) is 2.65.